The molecule has 2 atom stereocenters. The van der Waals surface area contributed by atoms with Crippen LogP contribution in [0, 0.1) is 16.7 Å². The Kier molecular flexibility index (Phi) is 4.15. The van der Waals surface area contributed by atoms with Crippen molar-refractivity contribution in [1.29, 1.82) is 0 Å². The van der Waals surface area contributed by atoms with Gasteiger partial charge >= 0.3 is 48.9 Å². The van der Waals surface area contributed by atoms with E-state index < -0.39 is 21.3 Å². The number of carbonyl (C=O) groups is 1. The molecule has 2 aliphatic carbocycles. The third-order valence-electron chi connectivity index (χ3n) is 4.57. The molecule has 0 aromatic heterocycles. The van der Waals surface area contributed by atoms with Gasteiger partial charge in [0.05, 0.1) is 11.2 Å². The zero-order chi connectivity index (χ0) is 11.5. The van der Waals surface area contributed by atoms with Crippen LogP contribution in [-0.2, 0) is 14.9 Å². The number of carbonyl (C=O) groups excluding carboxylic acids is 1. The van der Waals surface area contributed by atoms with Gasteiger partial charge in [0.15, 0.2) is 0 Å². The molecule has 0 aromatic carbocycles. The predicted octanol–water partition coefficient (Wildman–Crippen LogP) is 0.353. The van der Waals surface area contributed by atoms with E-state index in [2.05, 4.69) is 0 Å². The number of ketones is 1. The van der Waals surface area contributed by atoms with Gasteiger partial charge in [0.1, 0.15) is 5.78 Å². The quantitative estimate of drug-likeness (QED) is 0.562. The summed E-state index contributed by atoms with van der Waals surface area (Å²) in [6, 6.07) is 0. The minimum absolute atomic E-state index is 0. The van der Waals surface area contributed by atoms with Crippen molar-refractivity contribution in [3.8, 4) is 0 Å². The Labute approximate surface area is 136 Å². The first-order chi connectivity index (χ1) is 6.69. The Morgan fingerprint density at radius 2 is 2.00 bits per heavy atom. The Morgan fingerprint density at radius 3 is 2.31 bits per heavy atom. The minimum atomic E-state index is -4.08. The molecule has 16 heavy (non-hydrogen) atoms. The molecule has 2 fully saturated rings. The number of hydrogen-bond donors (Lipinski definition) is 1. The summed E-state index contributed by atoms with van der Waals surface area (Å²) in [4.78, 5) is 11.9. The maximum atomic E-state index is 11.9. The second kappa shape index (κ2) is 4.36. The van der Waals surface area contributed by atoms with Crippen LogP contribution in [-0.4, -0.2) is 73.4 Å². The second-order valence-corrected chi connectivity index (χ2v) is 6.85. The molecule has 0 spiro atoms. The van der Waals surface area contributed by atoms with Gasteiger partial charge in [-0.3, -0.25) is 9.35 Å². The molecular weight excluding hydrogens is 354 g/mol. The zero-order valence-electron chi connectivity index (χ0n) is 8.99. The van der Waals surface area contributed by atoms with Crippen LogP contribution in [0.25, 0.3) is 0 Å². The summed E-state index contributed by atoms with van der Waals surface area (Å²) in [7, 11) is -4.08. The Hall–Kier alpha value is 1.15. The fourth-order valence-electron chi connectivity index (χ4n) is 3.42. The summed E-state index contributed by atoms with van der Waals surface area (Å²) in [6.07, 6.45) is 1.97. The standard InChI is InChI=1S/C10H16O4S.Ba.2H/c1-9(2)7-3-4-10(9,8(11)5-7)6-15(12,13)14;;;/h7H,3-6H2,1-2H3,(H,12,13,14);;;. The van der Waals surface area contributed by atoms with E-state index in [1.807, 2.05) is 13.8 Å². The molecule has 0 saturated heterocycles. The van der Waals surface area contributed by atoms with Crippen molar-refractivity contribution >= 4 is 64.8 Å². The van der Waals surface area contributed by atoms with E-state index in [-0.39, 0.29) is 66.0 Å². The summed E-state index contributed by atoms with van der Waals surface area (Å²) < 4.78 is 31.0. The van der Waals surface area contributed by atoms with Gasteiger partial charge < -0.3 is 0 Å². The molecule has 2 saturated carbocycles. The summed E-state index contributed by atoms with van der Waals surface area (Å²) in [6.45, 7) is 3.89. The van der Waals surface area contributed by atoms with Crippen molar-refractivity contribution in [3.63, 3.8) is 0 Å². The van der Waals surface area contributed by atoms with E-state index in [0.29, 0.717) is 12.8 Å². The molecule has 4 nitrogen and oxygen atoms in total. The Bertz CT molecular complexity index is 415. The first-order valence-electron chi connectivity index (χ1n) is 5.17. The zero-order valence-corrected chi connectivity index (χ0v) is 9.80. The van der Waals surface area contributed by atoms with Crippen LogP contribution >= 0.6 is 0 Å². The van der Waals surface area contributed by atoms with Gasteiger partial charge in [0.25, 0.3) is 10.1 Å². The molecule has 0 aromatic rings. The van der Waals surface area contributed by atoms with E-state index in [9.17, 15) is 13.2 Å². The fourth-order valence-corrected chi connectivity index (χ4v) is 4.72. The molecule has 2 unspecified atom stereocenters. The maximum absolute atomic E-state index is 11.9. The van der Waals surface area contributed by atoms with Gasteiger partial charge in [-0.1, -0.05) is 13.8 Å². The molecule has 1 N–H and O–H groups in total. The molecule has 2 rings (SSSR count). The molecule has 2 bridgehead atoms. The van der Waals surface area contributed by atoms with Crippen molar-refractivity contribution in [1.82, 2.24) is 0 Å². The van der Waals surface area contributed by atoms with E-state index in [1.165, 1.54) is 0 Å². The average Bonchev–Trinajstić information content (AvgIpc) is 2.34. The van der Waals surface area contributed by atoms with Gasteiger partial charge in [0.2, 0.25) is 0 Å². The topological polar surface area (TPSA) is 71.4 Å². The summed E-state index contributed by atoms with van der Waals surface area (Å²) in [5.74, 6) is -0.101. The van der Waals surface area contributed by atoms with E-state index >= 15 is 0 Å². The molecule has 0 aliphatic heterocycles. The van der Waals surface area contributed by atoms with Gasteiger partial charge in [-0.25, -0.2) is 0 Å². The Balaban J connectivity index is 0.00000128. The van der Waals surface area contributed by atoms with Crippen LogP contribution in [0.3, 0.4) is 0 Å². The summed E-state index contributed by atoms with van der Waals surface area (Å²) in [5.41, 5.74) is -1.12. The number of rotatable bonds is 2. The average molecular weight is 372 g/mol. The van der Waals surface area contributed by atoms with Crippen molar-refractivity contribution in [3.05, 3.63) is 0 Å². The number of fused-ring (bicyclic) bond motifs is 2. The number of hydrogen-bond acceptors (Lipinski definition) is 3. The van der Waals surface area contributed by atoms with Crippen molar-refractivity contribution < 1.29 is 17.8 Å². The van der Waals surface area contributed by atoms with E-state index in [4.69, 9.17) is 4.55 Å². The normalized spacial score (nSPS) is 36.2. The van der Waals surface area contributed by atoms with Gasteiger partial charge in [-0.05, 0) is 24.2 Å². The van der Waals surface area contributed by atoms with Gasteiger partial charge in [-0.15, -0.1) is 0 Å². The molecular formula is C10H18BaO4S. The summed E-state index contributed by atoms with van der Waals surface area (Å²) >= 11 is 0. The van der Waals surface area contributed by atoms with Crippen LogP contribution in [0.1, 0.15) is 33.1 Å². The number of Topliss-reactive ketones (excluding diaryl/α,β-unsaturated/α-hetero) is 1. The van der Waals surface area contributed by atoms with Crippen LogP contribution in [0.4, 0.5) is 0 Å². The van der Waals surface area contributed by atoms with E-state index in [1.54, 1.807) is 0 Å². The fraction of sp³-hybridized carbons (Fsp3) is 0.900. The molecule has 0 heterocycles. The van der Waals surface area contributed by atoms with E-state index in [0.717, 1.165) is 6.42 Å². The van der Waals surface area contributed by atoms with Crippen molar-refractivity contribution in [2.24, 2.45) is 16.7 Å². The van der Waals surface area contributed by atoms with Crippen LogP contribution in [0.2, 0.25) is 0 Å². The van der Waals surface area contributed by atoms with Crippen molar-refractivity contribution in [2.45, 2.75) is 33.1 Å². The van der Waals surface area contributed by atoms with Crippen molar-refractivity contribution in [2.75, 3.05) is 5.75 Å². The monoisotopic (exact) mass is 372 g/mol. The third-order valence-corrected chi connectivity index (χ3v) is 5.43. The van der Waals surface area contributed by atoms with Gasteiger partial charge in [-0.2, -0.15) is 8.42 Å². The molecule has 0 radical (unpaired) electrons. The Morgan fingerprint density at radius 1 is 1.44 bits per heavy atom. The first kappa shape index (κ1) is 15.2. The first-order valence-corrected chi connectivity index (χ1v) is 6.78. The van der Waals surface area contributed by atoms with Crippen LogP contribution in [0.15, 0.2) is 0 Å². The second-order valence-electron chi connectivity index (χ2n) is 5.39. The molecule has 2 aliphatic rings. The predicted molar refractivity (Wildman–Crippen MR) is 63.5 cm³/mol. The van der Waals surface area contributed by atoms with Crippen LogP contribution < -0.4 is 0 Å². The van der Waals surface area contributed by atoms with Gasteiger partial charge in [0, 0.05) is 6.42 Å². The molecule has 0 amide bonds. The van der Waals surface area contributed by atoms with Crippen LogP contribution in [0.5, 0.6) is 0 Å². The molecule has 6 heteroatoms. The SMILES string of the molecule is CC1(C)C2CCC1(CS(=O)(=O)O)C(=O)C2.[BaH2]. The summed E-state index contributed by atoms with van der Waals surface area (Å²) in [5, 5.41) is 0. The third kappa shape index (κ3) is 2.08. The molecule has 90 valence electrons.